The summed E-state index contributed by atoms with van der Waals surface area (Å²) in [6.45, 7) is 5.48. The predicted octanol–water partition coefficient (Wildman–Crippen LogP) is 4.81. The van der Waals surface area contributed by atoms with Crippen molar-refractivity contribution in [1.29, 1.82) is 0 Å². The molecule has 1 atom stereocenters. The van der Waals surface area contributed by atoms with Crippen LogP contribution in [-0.2, 0) is 14.3 Å². The zero-order chi connectivity index (χ0) is 22.9. The first-order chi connectivity index (χ1) is 15.4. The van der Waals surface area contributed by atoms with Gasteiger partial charge in [-0.2, -0.15) is 5.10 Å². The van der Waals surface area contributed by atoms with Crippen molar-refractivity contribution in [2.24, 2.45) is 5.10 Å². The Hall–Kier alpha value is -2.91. The Morgan fingerprint density at radius 2 is 1.72 bits per heavy atom. The van der Waals surface area contributed by atoms with E-state index >= 15 is 0 Å². The van der Waals surface area contributed by atoms with Crippen LogP contribution in [0.4, 0.5) is 11.4 Å². The SMILES string of the molecule is CCOC(=O)C1=NN(c2ccc(OC)cc2)C2(S1)SC(C(C)=O)=C(C)N2c1ccccc1. The van der Waals surface area contributed by atoms with E-state index in [0.29, 0.717) is 10.7 Å². The van der Waals surface area contributed by atoms with Crippen LogP contribution in [0, 0.1) is 0 Å². The second-order valence-electron chi connectivity index (χ2n) is 7.03. The van der Waals surface area contributed by atoms with E-state index in [9.17, 15) is 9.59 Å². The van der Waals surface area contributed by atoms with Crippen LogP contribution in [0.15, 0.2) is 70.3 Å². The highest BCUT2D eigenvalue weighted by atomic mass is 32.2. The number of Topliss-reactive ketones (excluding diaryl/α,β-unsaturated/α-hetero) is 1. The highest BCUT2D eigenvalue weighted by Gasteiger charge is 2.57. The number of hydrogen-bond donors (Lipinski definition) is 0. The van der Waals surface area contributed by atoms with Crippen LogP contribution in [0.2, 0.25) is 0 Å². The van der Waals surface area contributed by atoms with Crippen molar-refractivity contribution in [3.05, 3.63) is 65.2 Å². The summed E-state index contributed by atoms with van der Waals surface area (Å²) in [6.07, 6.45) is 0. The number of anilines is 2. The molecule has 2 heterocycles. The molecular weight excluding hydrogens is 446 g/mol. The number of carbonyl (C=O) groups excluding carboxylic acids is 2. The number of allylic oxidation sites excluding steroid dienone is 2. The molecule has 1 unspecified atom stereocenters. The maximum Gasteiger partial charge on any atom is 0.365 e. The molecule has 2 aliphatic heterocycles. The highest BCUT2D eigenvalue weighted by Crippen LogP contribution is 2.60. The van der Waals surface area contributed by atoms with Gasteiger partial charge in [0.05, 0.1) is 24.3 Å². The molecular formula is C23H23N3O4S2. The van der Waals surface area contributed by atoms with E-state index in [0.717, 1.165) is 17.1 Å². The summed E-state index contributed by atoms with van der Waals surface area (Å²) >= 11 is 2.66. The molecule has 0 fully saturated rings. The molecule has 0 aromatic heterocycles. The monoisotopic (exact) mass is 469 g/mol. The summed E-state index contributed by atoms with van der Waals surface area (Å²) in [4.78, 5) is 27.9. The van der Waals surface area contributed by atoms with Crippen molar-refractivity contribution in [2.45, 2.75) is 25.1 Å². The number of hydrazone groups is 1. The van der Waals surface area contributed by atoms with Gasteiger partial charge in [0.25, 0.3) is 0 Å². The van der Waals surface area contributed by atoms with E-state index in [1.807, 2.05) is 61.5 Å². The van der Waals surface area contributed by atoms with Gasteiger partial charge in [0.15, 0.2) is 5.78 Å². The summed E-state index contributed by atoms with van der Waals surface area (Å²) in [5, 5.41) is 6.68. The number of benzene rings is 2. The smallest absolute Gasteiger partial charge is 0.365 e. The van der Waals surface area contributed by atoms with E-state index in [2.05, 4.69) is 10.0 Å². The highest BCUT2D eigenvalue weighted by molar-refractivity contribution is 8.29. The standard InChI is InChI=1S/C23H23N3O4S2/c1-5-30-22(28)21-24-26(18-11-13-19(29-4)14-12-18)23(32-21)25(17-9-7-6-8-10-17)15(2)20(31-23)16(3)27/h6-14H,5H2,1-4H3. The molecule has 0 amide bonds. The van der Waals surface area contributed by atoms with Crippen molar-refractivity contribution in [3.63, 3.8) is 0 Å². The summed E-state index contributed by atoms with van der Waals surface area (Å²) < 4.78 is 9.60. The normalized spacial score (nSPS) is 20.1. The molecule has 1 spiro atoms. The molecule has 0 N–H and O–H groups in total. The van der Waals surface area contributed by atoms with E-state index in [1.165, 1.54) is 23.5 Å². The summed E-state index contributed by atoms with van der Waals surface area (Å²) in [5.41, 5.74) is 2.45. The van der Waals surface area contributed by atoms with Crippen LogP contribution in [-0.4, -0.2) is 34.8 Å². The van der Waals surface area contributed by atoms with Crippen LogP contribution in [0.1, 0.15) is 20.8 Å². The van der Waals surface area contributed by atoms with Crippen molar-refractivity contribution in [1.82, 2.24) is 0 Å². The Balaban J connectivity index is 1.88. The molecule has 0 saturated heterocycles. The zero-order valence-corrected chi connectivity index (χ0v) is 19.8. The minimum Gasteiger partial charge on any atom is -0.497 e. The first kappa shape index (κ1) is 22.3. The Kier molecular flexibility index (Phi) is 6.21. The number of esters is 1. The van der Waals surface area contributed by atoms with E-state index in [4.69, 9.17) is 9.47 Å². The molecule has 2 aromatic rings. The zero-order valence-electron chi connectivity index (χ0n) is 18.2. The van der Waals surface area contributed by atoms with Crippen molar-refractivity contribution in [2.75, 3.05) is 23.6 Å². The van der Waals surface area contributed by atoms with Gasteiger partial charge in [-0.05, 0) is 68.9 Å². The molecule has 9 heteroatoms. The number of ether oxygens (including phenoxy) is 2. The minimum atomic E-state index is -0.941. The van der Waals surface area contributed by atoms with Crippen LogP contribution in [0.3, 0.4) is 0 Å². The lowest BCUT2D eigenvalue weighted by Crippen LogP contribution is -2.49. The van der Waals surface area contributed by atoms with Gasteiger partial charge in [0.1, 0.15) is 5.75 Å². The lowest BCUT2D eigenvalue weighted by Gasteiger charge is -2.41. The molecule has 7 nitrogen and oxygen atoms in total. The van der Waals surface area contributed by atoms with E-state index in [-0.39, 0.29) is 17.4 Å². The van der Waals surface area contributed by atoms with Crippen molar-refractivity contribution >= 4 is 51.7 Å². The van der Waals surface area contributed by atoms with Gasteiger partial charge in [-0.25, -0.2) is 9.80 Å². The minimum absolute atomic E-state index is 0.0369. The van der Waals surface area contributed by atoms with Crippen LogP contribution in [0.25, 0.3) is 0 Å². The lowest BCUT2D eigenvalue weighted by atomic mass is 10.2. The lowest BCUT2D eigenvalue weighted by molar-refractivity contribution is -0.134. The molecule has 4 rings (SSSR count). The third-order valence-electron chi connectivity index (χ3n) is 4.97. The number of nitrogens with zero attached hydrogens (tertiary/aromatic N) is 3. The van der Waals surface area contributed by atoms with Gasteiger partial charge in [0.2, 0.25) is 9.37 Å². The Morgan fingerprint density at radius 3 is 2.31 bits per heavy atom. The first-order valence-electron chi connectivity index (χ1n) is 10.1. The third-order valence-corrected chi connectivity index (χ3v) is 7.94. The maximum atomic E-state index is 12.7. The largest absolute Gasteiger partial charge is 0.497 e. The molecule has 0 saturated carbocycles. The Morgan fingerprint density at radius 1 is 1.03 bits per heavy atom. The molecule has 2 aliphatic rings. The quantitative estimate of drug-likeness (QED) is 0.558. The number of rotatable bonds is 6. The van der Waals surface area contributed by atoms with Gasteiger partial charge in [-0.3, -0.25) is 4.79 Å². The van der Waals surface area contributed by atoms with Crippen LogP contribution < -0.4 is 14.6 Å². The predicted molar refractivity (Wildman–Crippen MR) is 130 cm³/mol. The van der Waals surface area contributed by atoms with Crippen LogP contribution in [0.5, 0.6) is 5.75 Å². The summed E-state index contributed by atoms with van der Waals surface area (Å²) in [7, 11) is 1.61. The van der Waals surface area contributed by atoms with Gasteiger partial charge < -0.3 is 14.4 Å². The fourth-order valence-corrected chi connectivity index (χ4v) is 6.55. The van der Waals surface area contributed by atoms with E-state index in [1.54, 1.807) is 26.0 Å². The number of methoxy groups -OCH3 is 1. The topological polar surface area (TPSA) is 71.4 Å². The number of hydrogen-bond acceptors (Lipinski definition) is 9. The number of ketones is 1. The molecule has 2 aromatic carbocycles. The van der Waals surface area contributed by atoms with E-state index < -0.39 is 10.3 Å². The number of thioether (sulfide) groups is 2. The van der Waals surface area contributed by atoms with Gasteiger partial charge in [-0.1, -0.05) is 30.0 Å². The summed E-state index contributed by atoms with van der Waals surface area (Å²) in [6, 6.07) is 17.2. The second-order valence-corrected chi connectivity index (χ2v) is 9.63. The molecule has 166 valence electrons. The maximum absolute atomic E-state index is 12.7. The average molecular weight is 470 g/mol. The Labute approximate surface area is 195 Å². The van der Waals surface area contributed by atoms with Crippen LogP contribution >= 0.6 is 23.5 Å². The first-order valence-corrected chi connectivity index (χ1v) is 11.7. The van der Waals surface area contributed by atoms with Crippen molar-refractivity contribution < 1.29 is 19.1 Å². The molecule has 0 bridgehead atoms. The molecule has 32 heavy (non-hydrogen) atoms. The number of para-hydroxylation sites is 1. The Bertz CT molecular complexity index is 1100. The fraction of sp³-hybridized carbons (Fsp3) is 0.261. The van der Waals surface area contributed by atoms with Crippen molar-refractivity contribution in [3.8, 4) is 5.75 Å². The van der Waals surface area contributed by atoms with Gasteiger partial charge in [-0.15, -0.1) is 0 Å². The number of carbonyl (C=O) groups is 2. The second kappa shape index (κ2) is 8.91. The van der Waals surface area contributed by atoms with Gasteiger partial charge in [0, 0.05) is 11.4 Å². The fourth-order valence-electron chi connectivity index (χ4n) is 3.59. The summed E-state index contributed by atoms with van der Waals surface area (Å²) in [5.74, 6) is 0.183. The molecule has 0 radical (unpaired) electrons. The third kappa shape index (κ3) is 3.75. The van der Waals surface area contributed by atoms with Gasteiger partial charge >= 0.3 is 5.97 Å². The average Bonchev–Trinajstić information content (AvgIpc) is 3.32. The molecule has 0 aliphatic carbocycles.